The first-order valence-corrected chi connectivity index (χ1v) is 10.2. The number of nitrogens with zero attached hydrogens (tertiary/aromatic N) is 4. The highest BCUT2D eigenvalue weighted by molar-refractivity contribution is 6.10. The average molecular weight is 434 g/mol. The fraction of sp³-hybridized carbons (Fsp3) is 0.217. The van der Waals surface area contributed by atoms with Crippen LogP contribution in [0, 0.1) is 18.6 Å². The quantitative estimate of drug-likeness (QED) is 0.507. The van der Waals surface area contributed by atoms with Gasteiger partial charge in [0.15, 0.2) is 11.5 Å². The van der Waals surface area contributed by atoms with E-state index in [-0.39, 0.29) is 5.69 Å². The van der Waals surface area contributed by atoms with Crippen LogP contribution >= 0.6 is 0 Å². The molecule has 5 rings (SSSR count). The zero-order valence-electron chi connectivity index (χ0n) is 17.4. The van der Waals surface area contributed by atoms with Crippen molar-refractivity contribution in [1.82, 2.24) is 19.9 Å². The van der Waals surface area contributed by atoms with Crippen molar-refractivity contribution in [3.63, 3.8) is 0 Å². The lowest BCUT2D eigenvalue weighted by molar-refractivity contribution is 0.0961. The van der Waals surface area contributed by atoms with Crippen LogP contribution in [0.4, 0.5) is 20.3 Å². The number of hydrogen-bond donors (Lipinski definition) is 2. The predicted octanol–water partition coefficient (Wildman–Crippen LogP) is 4.01. The third-order valence-electron chi connectivity index (χ3n) is 5.90. The number of nitrogens with one attached hydrogen (secondary N) is 2. The van der Waals surface area contributed by atoms with Gasteiger partial charge < -0.3 is 10.3 Å². The fourth-order valence-corrected chi connectivity index (χ4v) is 4.37. The number of aryl methyl sites for hydroxylation is 1. The first-order valence-electron chi connectivity index (χ1n) is 10.2. The summed E-state index contributed by atoms with van der Waals surface area (Å²) >= 11 is 0. The van der Waals surface area contributed by atoms with E-state index in [1.807, 2.05) is 32.0 Å². The van der Waals surface area contributed by atoms with Gasteiger partial charge in [-0.3, -0.25) is 9.69 Å². The number of imidazole rings is 1. The molecular weight excluding hydrogens is 414 g/mol. The molecule has 0 fully saturated rings. The van der Waals surface area contributed by atoms with Crippen LogP contribution in [0.5, 0.6) is 0 Å². The van der Waals surface area contributed by atoms with Crippen LogP contribution in [0.15, 0.2) is 49.1 Å². The van der Waals surface area contributed by atoms with Crippen molar-refractivity contribution >= 4 is 28.6 Å². The van der Waals surface area contributed by atoms with Crippen molar-refractivity contribution in [2.75, 3.05) is 10.2 Å². The number of anilines is 2. The Morgan fingerprint density at radius 2 is 1.88 bits per heavy atom. The van der Waals surface area contributed by atoms with Crippen LogP contribution in [0.25, 0.3) is 11.2 Å². The predicted molar refractivity (Wildman–Crippen MR) is 117 cm³/mol. The number of carbonyl (C=O) groups is 1. The molecule has 2 N–H and O–H groups in total. The second kappa shape index (κ2) is 7.67. The molecule has 0 spiro atoms. The van der Waals surface area contributed by atoms with Crippen molar-refractivity contribution < 1.29 is 13.6 Å². The number of carbonyl (C=O) groups excluding carboxylic acids is 1. The maximum Gasteiger partial charge on any atom is 0.259 e. The van der Waals surface area contributed by atoms with Gasteiger partial charge in [-0.25, -0.2) is 23.7 Å². The van der Waals surface area contributed by atoms with Gasteiger partial charge in [0.1, 0.15) is 29.2 Å². The summed E-state index contributed by atoms with van der Waals surface area (Å²) in [5, 5.41) is 3.28. The van der Waals surface area contributed by atoms with E-state index in [1.54, 1.807) is 0 Å². The summed E-state index contributed by atoms with van der Waals surface area (Å²) in [6.07, 6.45) is 3.32. The number of halogens is 2. The third kappa shape index (κ3) is 3.17. The molecule has 2 aromatic heterocycles. The highest BCUT2D eigenvalue weighted by Gasteiger charge is 2.39. The second-order valence-corrected chi connectivity index (χ2v) is 7.88. The van der Waals surface area contributed by atoms with E-state index in [9.17, 15) is 13.6 Å². The molecule has 3 heterocycles. The minimum Gasteiger partial charge on any atom is -0.364 e. The van der Waals surface area contributed by atoms with Crippen molar-refractivity contribution in [2.45, 2.75) is 32.4 Å². The number of hydrogen-bond acceptors (Lipinski definition) is 5. The number of benzene rings is 2. The lowest BCUT2D eigenvalue weighted by atomic mass is 9.87. The summed E-state index contributed by atoms with van der Waals surface area (Å²) < 4.78 is 29.7. The maximum atomic E-state index is 14.8. The van der Waals surface area contributed by atoms with Gasteiger partial charge in [-0.2, -0.15) is 0 Å². The molecule has 9 heteroatoms. The Labute approximate surface area is 182 Å². The molecule has 1 amide bonds. The molecule has 2 unspecified atom stereocenters. The maximum absolute atomic E-state index is 14.8. The number of aromatic amines is 1. The van der Waals surface area contributed by atoms with Crippen molar-refractivity contribution in [3.05, 3.63) is 77.4 Å². The van der Waals surface area contributed by atoms with Crippen molar-refractivity contribution in [2.24, 2.45) is 0 Å². The van der Waals surface area contributed by atoms with E-state index >= 15 is 0 Å². The van der Waals surface area contributed by atoms with E-state index in [1.165, 1.54) is 23.6 Å². The average Bonchev–Trinajstić information content (AvgIpc) is 3.24. The van der Waals surface area contributed by atoms with Crippen LogP contribution < -0.4 is 10.2 Å². The molecule has 162 valence electrons. The lowest BCUT2D eigenvalue weighted by Gasteiger charge is -2.40. The first kappa shape index (κ1) is 20.0. The van der Waals surface area contributed by atoms with Crippen molar-refractivity contribution in [3.8, 4) is 0 Å². The van der Waals surface area contributed by atoms with Gasteiger partial charge in [-0.1, -0.05) is 24.3 Å². The number of H-pyrrole nitrogens is 1. The van der Waals surface area contributed by atoms with E-state index in [2.05, 4.69) is 25.3 Å². The Morgan fingerprint density at radius 1 is 1.12 bits per heavy atom. The molecule has 1 aliphatic heterocycles. The van der Waals surface area contributed by atoms with Gasteiger partial charge >= 0.3 is 0 Å². The van der Waals surface area contributed by atoms with Crippen LogP contribution in [0.3, 0.4) is 0 Å². The molecule has 1 aliphatic rings. The lowest BCUT2D eigenvalue weighted by Crippen LogP contribution is -2.54. The molecule has 32 heavy (non-hydrogen) atoms. The minimum atomic E-state index is -0.787. The Balaban J connectivity index is 1.61. The number of amides is 1. The summed E-state index contributed by atoms with van der Waals surface area (Å²) in [7, 11) is 0. The smallest absolute Gasteiger partial charge is 0.259 e. The van der Waals surface area contributed by atoms with Gasteiger partial charge in [0.25, 0.3) is 5.91 Å². The molecular formula is C23H20F2N6O. The summed E-state index contributed by atoms with van der Waals surface area (Å²) in [6.45, 7) is 3.68. The summed E-state index contributed by atoms with van der Waals surface area (Å²) in [6, 6.07) is 8.21. The SMILES string of the molecule is Cc1cccc2c1C(=O)N(c1c(F)cccc1F)C(C(C)Nc1ncnc3nc[nH]c13)C2. The molecule has 0 radical (unpaired) electrons. The zero-order chi connectivity index (χ0) is 22.4. The molecule has 2 aromatic carbocycles. The van der Waals surface area contributed by atoms with Gasteiger partial charge in [0.05, 0.1) is 12.4 Å². The van der Waals surface area contributed by atoms with Gasteiger partial charge in [-0.05, 0) is 43.5 Å². The summed E-state index contributed by atoms with van der Waals surface area (Å²) in [4.78, 5) is 30.3. The van der Waals surface area contributed by atoms with Crippen LogP contribution in [0.2, 0.25) is 0 Å². The molecule has 7 nitrogen and oxygen atoms in total. The Hall–Kier alpha value is -3.88. The zero-order valence-corrected chi connectivity index (χ0v) is 17.4. The van der Waals surface area contributed by atoms with E-state index in [0.717, 1.165) is 23.3 Å². The van der Waals surface area contributed by atoms with Gasteiger partial charge in [0, 0.05) is 11.6 Å². The van der Waals surface area contributed by atoms with Crippen LogP contribution in [-0.2, 0) is 6.42 Å². The van der Waals surface area contributed by atoms with Crippen molar-refractivity contribution in [1.29, 1.82) is 0 Å². The molecule has 0 saturated carbocycles. The summed E-state index contributed by atoms with van der Waals surface area (Å²) in [5.74, 6) is -1.51. The first-order chi connectivity index (χ1) is 15.5. The topological polar surface area (TPSA) is 86.8 Å². The number of rotatable bonds is 4. The fourth-order valence-electron chi connectivity index (χ4n) is 4.37. The van der Waals surface area contributed by atoms with E-state index in [0.29, 0.717) is 29.0 Å². The Kier molecular flexibility index (Phi) is 4.80. The normalized spacial score (nSPS) is 16.8. The third-order valence-corrected chi connectivity index (χ3v) is 5.90. The Morgan fingerprint density at radius 3 is 2.66 bits per heavy atom. The minimum absolute atomic E-state index is 0.348. The Bertz CT molecular complexity index is 1320. The van der Waals surface area contributed by atoms with E-state index in [4.69, 9.17) is 0 Å². The largest absolute Gasteiger partial charge is 0.364 e. The van der Waals surface area contributed by atoms with Gasteiger partial charge in [-0.15, -0.1) is 0 Å². The highest BCUT2D eigenvalue weighted by Crippen LogP contribution is 2.35. The number of fused-ring (bicyclic) bond motifs is 2. The molecule has 0 saturated heterocycles. The van der Waals surface area contributed by atoms with Crippen LogP contribution in [0.1, 0.15) is 28.4 Å². The number of para-hydroxylation sites is 1. The summed E-state index contributed by atoms with van der Waals surface area (Å²) in [5.41, 5.74) is 2.85. The van der Waals surface area contributed by atoms with Crippen LogP contribution in [-0.4, -0.2) is 37.9 Å². The van der Waals surface area contributed by atoms with E-state index < -0.39 is 29.6 Å². The molecule has 4 aromatic rings. The molecule has 0 bridgehead atoms. The monoisotopic (exact) mass is 434 g/mol. The standard InChI is InChI=1S/C23H20F2N6O/c1-12-5-3-6-14-9-17(13(2)30-22-19-21(27-10-26-19)28-11-29-22)31(23(32)18(12)14)20-15(24)7-4-8-16(20)25/h3-8,10-11,13,17H,9H2,1-2H3,(H2,26,27,28,29,30). The molecule has 2 atom stereocenters. The van der Waals surface area contributed by atoms with Gasteiger partial charge in [0.2, 0.25) is 0 Å². The second-order valence-electron chi connectivity index (χ2n) is 7.88. The molecule has 0 aliphatic carbocycles. The highest BCUT2D eigenvalue weighted by atomic mass is 19.1. The number of aromatic nitrogens is 4.